The number of hydrogen-bond acceptors (Lipinski definition) is 3. The number of aromatic nitrogens is 3. The Kier molecular flexibility index (Phi) is 2.53. The molecule has 84 valence electrons. The van der Waals surface area contributed by atoms with Gasteiger partial charge in [-0.05, 0) is 32.0 Å². The van der Waals surface area contributed by atoms with Crippen molar-refractivity contribution in [2.75, 3.05) is 13.1 Å². The van der Waals surface area contributed by atoms with Gasteiger partial charge in [0.25, 0.3) is 0 Å². The molecule has 0 amide bonds. The number of halogens is 1. The van der Waals surface area contributed by atoms with Crippen molar-refractivity contribution in [1.29, 1.82) is 0 Å². The highest BCUT2D eigenvalue weighted by Crippen LogP contribution is 2.13. The molecule has 0 bridgehead atoms. The van der Waals surface area contributed by atoms with Gasteiger partial charge in [-0.2, -0.15) is 0 Å². The zero-order chi connectivity index (χ0) is 11.0. The number of likely N-dealkylation sites (tertiary alicyclic amines) is 1. The van der Waals surface area contributed by atoms with Crippen LogP contribution in [0.5, 0.6) is 0 Å². The van der Waals surface area contributed by atoms with Crippen molar-refractivity contribution in [3.63, 3.8) is 0 Å². The van der Waals surface area contributed by atoms with E-state index in [2.05, 4.69) is 15.0 Å². The van der Waals surface area contributed by atoms with Crippen molar-refractivity contribution in [1.82, 2.24) is 19.5 Å². The smallest absolute Gasteiger partial charge is 0.165 e. The molecule has 0 atom stereocenters. The lowest BCUT2D eigenvalue weighted by molar-refractivity contribution is 0.322. The van der Waals surface area contributed by atoms with Crippen LogP contribution in [0.15, 0.2) is 18.3 Å². The van der Waals surface area contributed by atoms with Crippen LogP contribution in [-0.4, -0.2) is 32.6 Å². The second kappa shape index (κ2) is 4.03. The van der Waals surface area contributed by atoms with E-state index in [-0.39, 0.29) is 0 Å². The molecule has 1 aliphatic heterocycles. The topological polar surface area (TPSA) is 33.4 Å². The van der Waals surface area contributed by atoms with E-state index in [0.717, 1.165) is 31.1 Å². The molecule has 0 radical (unpaired) electrons. The minimum Gasteiger partial charge on any atom is -0.296 e. The molecule has 0 spiro atoms. The third-order valence-corrected chi connectivity index (χ3v) is 3.14. The van der Waals surface area contributed by atoms with Crippen LogP contribution in [0.25, 0.3) is 5.65 Å². The maximum Gasteiger partial charge on any atom is 0.165 e. The monoisotopic (exact) mass is 236 g/mol. The number of nitrogens with zero attached hydrogens (tertiary/aromatic N) is 4. The van der Waals surface area contributed by atoms with E-state index in [1.807, 2.05) is 18.3 Å². The average molecular weight is 237 g/mol. The molecule has 0 unspecified atom stereocenters. The van der Waals surface area contributed by atoms with Crippen LogP contribution >= 0.6 is 11.6 Å². The largest absolute Gasteiger partial charge is 0.296 e. The lowest BCUT2D eigenvalue weighted by Gasteiger charge is -2.10. The quantitative estimate of drug-likeness (QED) is 0.800. The number of pyridine rings is 1. The molecule has 1 aliphatic rings. The van der Waals surface area contributed by atoms with Gasteiger partial charge < -0.3 is 0 Å². The molecular formula is C11H13ClN4. The number of rotatable bonds is 2. The van der Waals surface area contributed by atoms with Gasteiger partial charge in [0.1, 0.15) is 0 Å². The predicted octanol–water partition coefficient (Wildman–Crippen LogP) is 1.98. The second-order valence-corrected chi connectivity index (χ2v) is 4.60. The minimum absolute atomic E-state index is 0.702. The van der Waals surface area contributed by atoms with Gasteiger partial charge in [-0.1, -0.05) is 11.6 Å². The van der Waals surface area contributed by atoms with Gasteiger partial charge in [-0.25, -0.2) is 9.50 Å². The molecule has 0 aliphatic carbocycles. The van der Waals surface area contributed by atoms with E-state index in [1.54, 1.807) is 4.52 Å². The van der Waals surface area contributed by atoms with Crippen molar-refractivity contribution < 1.29 is 0 Å². The second-order valence-electron chi connectivity index (χ2n) is 4.16. The molecule has 0 saturated carbocycles. The SMILES string of the molecule is Clc1ccn2nc(CN3CCCC3)nc2c1. The van der Waals surface area contributed by atoms with Crippen molar-refractivity contribution in [3.05, 3.63) is 29.2 Å². The van der Waals surface area contributed by atoms with Crippen LogP contribution < -0.4 is 0 Å². The van der Waals surface area contributed by atoms with Crippen molar-refractivity contribution >= 4 is 17.2 Å². The standard InChI is InChI=1S/C11H13ClN4/c12-9-3-6-16-11(7-9)13-10(14-16)8-15-4-1-2-5-15/h3,6-7H,1-2,4-5,8H2. The Hall–Kier alpha value is -1.13. The molecule has 2 aromatic rings. The normalized spacial score (nSPS) is 17.3. The van der Waals surface area contributed by atoms with Crippen LogP contribution in [-0.2, 0) is 6.54 Å². The summed E-state index contributed by atoms with van der Waals surface area (Å²) in [5.74, 6) is 0.879. The van der Waals surface area contributed by atoms with Gasteiger partial charge in [0.15, 0.2) is 11.5 Å². The van der Waals surface area contributed by atoms with Crippen molar-refractivity contribution in [3.8, 4) is 0 Å². The Labute approximate surface area is 98.8 Å². The van der Waals surface area contributed by atoms with Gasteiger partial charge in [0.2, 0.25) is 0 Å². The zero-order valence-electron chi connectivity index (χ0n) is 8.93. The minimum atomic E-state index is 0.702. The highest BCUT2D eigenvalue weighted by molar-refractivity contribution is 6.30. The summed E-state index contributed by atoms with van der Waals surface area (Å²) in [5, 5.41) is 5.12. The Morgan fingerprint density at radius 3 is 2.94 bits per heavy atom. The summed E-state index contributed by atoms with van der Waals surface area (Å²) in [6.07, 6.45) is 4.43. The van der Waals surface area contributed by atoms with Gasteiger partial charge >= 0.3 is 0 Å². The first-order chi connectivity index (χ1) is 7.81. The summed E-state index contributed by atoms with van der Waals surface area (Å²) >= 11 is 5.91. The van der Waals surface area contributed by atoms with E-state index in [9.17, 15) is 0 Å². The molecule has 0 aromatic carbocycles. The van der Waals surface area contributed by atoms with Crippen LogP contribution in [0.3, 0.4) is 0 Å². The summed E-state index contributed by atoms with van der Waals surface area (Å²) in [6.45, 7) is 3.17. The molecule has 2 aromatic heterocycles. The van der Waals surface area contributed by atoms with E-state index >= 15 is 0 Å². The summed E-state index contributed by atoms with van der Waals surface area (Å²) in [5.41, 5.74) is 0.821. The van der Waals surface area contributed by atoms with Crippen LogP contribution in [0, 0.1) is 0 Å². The highest BCUT2D eigenvalue weighted by Gasteiger charge is 2.14. The lowest BCUT2D eigenvalue weighted by Crippen LogP contribution is -2.19. The summed E-state index contributed by atoms with van der Waals surface area (Å²) in [7, 11) is 0. The van der Waals surface area contributed by atoms with E-state index < -0.39 is 0 Å². The van der Waals surface area contributed by atoms with Crippen LogP contribution in [0.4, 0.5) is 0 Å². The Bertz CT molecular complexity index is 502. The molecule has 4 nitrogen and oxygen atoms in total. The summed E-state index contributed by atoms with van der Waals surface area (Å²) < 4.78 is 1.78. The molecule has 1 fully saturated rings. The molecule has 16 heavy (non-hydrogen) atoms. The van der Waals surface area contributed by atoms with E-state index in [4.69, 9.17) is 11.6 Å². The molecule has 5 heteroatoms. The van der Waals surface area contributed by atoms with Crippen molar-refractivity contribution in [2.45, 2.75) is 19.4 Å². The molecule has 3 rings (SSSR count). The predicted molar refractivity (Wildman–Crippen MR) is 62.5 cm³/mol. The third-order valence-electron chi connectivity index (χ3n) is 2.91. The molecule has 1 saturated heterocycles. The maximum atomic E-state index is 5.91. The van der Waals surface area contributed by atoms with E-state index in [1.165, 1.54) is 12.8 Å². The maximum absolute atomic E-state index is 5.91. The van der Waals surface area contributed by atoms with Crippen LogP contribution in [0.1, 0.15) is 18.7 Å². The molecular weight excluding hydrogens is 224 g/mol. The Morgan fingerprint density at radius 1 is 1.31 bits per heavy atom. The summed E-state index contributed by atoms with van der Waals surface area (Å²) in [6, 6.07) is 3.66. The van der Waals surface area contributed by atoms with E-state index in [0.29, 0.717) is 5.02 Å². The molecule has 0 N–H and O–H groups in total. The lowest BCUT2D eigenvalue weighted by atomic mass is 10.4. The van der Waals surface area contributed by atoms with Gasteiger partial charge in [-0.15, -0.1) is 5.10 Å². The van der Waals surface area contributed by atoms with Crippen LogP contribution in [0.2, 0.25) is 5.02 Å². The first-order valence-corrected chi connectivity index (χ1v) is 5.92. The first-order valence-electron chi connectivity index (χ1n) is 5.54. The fourth-order valence-electron chi connectivity index (χ4n) is 2.11. The fourth-order valence-corrected chi connectivity index (χ4v) is 2.26. The number of hydrogen-bond donors (Lipinski definition) is 0. The van der Waals surface area contributed by atoms with Gasteiger partial charge in [0, 0.05) is 17.3 Å². The third kappa shape index (κ3) is 1.90. The molecule has 3 heterocycles. The zero-order valence-corrected chi connectivity index (χ0v) is 9.69. The highest BCUT2D eigenvalue weighted by atomic mass is 35.5. The van der Waals surface area contributed by atoms with Gasteiger partial charge in [-0.3, -0.25) is 4.90 Å². The average Bonchev–Trinajstić information content (AvgIpc) is 2.86. The van der Waals surface area contributed by atoms with Gasteiger partial charge in [0.05, 0.1) is 6.54 Å². The summed E-state index contributed by atoms with van der Waals surface area (Å²) in [4.78, 5) is 6.85. The Balaban J connectivity index is 1.86. The number of fused-ring (bicyclic) bond motifs is 1. The van der Waals surface area contributed by atoms with Crippen molar-refractivity contribution in [2.24, 2.45) is 0 Å². The Morgan fingerprint density at radius 2 is 2.12 bits per heavy atom. The first kappa shape index (κ1) is 10.1. The fraction of sp³-hybridized carbons (Fsp3) is 0.455.